The van der Waals surface area contributed by atoms with E-state index in [2.05, 4.69) is 9.97 Å². The zero-order chi connectivity index (χ0) is 14.1. The molecule has 2 N–H and O–H groups in total. The maximum absolute atomic E-state index is 12.4. The number of carbonyl (C=O) groups excluding carboxylic acids is 1. The molecular formula is C14H14N2O4. The number of carbonyl (C=O) groups is 1. The van der Waals surface area contributed by atoms with E-state index in [-0.39, 0.29) is 11.7 Å². The minimum Gasteiger partial charge on any atom is -0.381 e. The van der Waals surface area contributed by atoms with Crippen LogP contribution in [0.4, 0.5) is 0 Å². The molecule has 2 heterocycles. The van der Waals surface area contributed by atoms with Crippen LogP contribution in [0.15, 0.2) is 27.8 Å². The van der Waals surface area contributed by atoms with E-state index in [9.17, 15) is 14.4 Å². The molecule has 0 spiro atoms. The van der Waals surface area contributed by atoms with Gasteiger partial charge in [0.25, 0.3) is 0 Å². The van der Waals surface area contributed by atoms with Gasteiger partial charge in [-0.1, -0.05) is 0 Å². The Morgan fingerprint density at radius 3 is 2.40 bits per heavy atom. The summed E-state index contributed by atoms with van der Waals surface area (Å²) in [5, 5.41) is 0. The van der Waals surface area contributed by atoms with Crippen LogP contribution in [0.5, 0.6) is 0 Å². The second kappa shape index (κ2) is 5.05. The van der Waals surface area contributed by atoms with E-state index in [1.807, 2.05) is 0 Å². The van der Waals surface area contributed by atoms with Crippen molar-refractivity contribution >= 4 is 16.8 Å². The smallest absolute Gasteiger partial charge is 0.314 e. The summed E-state index contributed by atoms with van der Waals surface area (Å²) in [6, 6.07) is 4.93. The monoisotopic (exact) mass is 274 g/mol. The molecule has 6 heteroatoms. The topological polar surface area (TPSA) is 92.0 Å². The van der Waals surface area contributed by atoms with Gasteiger partial charge in [0.05, 0.1) is 11.0 Å². The van der Waals surface area contributed by atoms with E-state index < -0.39 is 11.1 Å². The average Bonchev–Trinajstić information content (AvgIpc) is 2.48. The number of aromatic nitrogens is 2. The van der Waals surface area contributed by atoms with E-state index in [1.54, 1.807) is 18.2 Å². The Bertz CT molecular complexity index is 769. The number of nitrogens with one attached hydrogen (secondary N) is 2. The SMILES string of the molecule is O=C(c1ccc2[nH]c(=O)c(=O)[nH]c2c1)C1CCOCC1. The second-order valence-corrected chi connectivity index (χ2v) is 4.92. The Morgan fingerprint density at radius 1 is 1.05 bits per heavy atom. The van der Waals surface area contributed by atoms with Crippen LogP contribution in [0.2, 0.25) is 0 Å². The highest BCUT2D eigenvalue weighted by Crippen LogP contribution is 2.21. The molecule has 104 valence electrons. The molecule has 1 aliphatic rings. The number of ether oxygens (including phenoxy) is 1. The summed E-state index contributed by atoms with van der Waals surface area (Å²) in [6.07, 6.45) is 1.44. The van der Waals surface area contributed by atoms with Crippen molar-refractivity contribution in [2.75, 3.05) is 13.2 Å². The molecule has 1 aromatic carbocycles. The molecule has 0 aliphatic carbocycles. The Morgan fingerprint density at radius 2 is 1.70 bits per heavy atom. The van der Waals surface area contributed by atoms with Gasteiger partial charge in [-0.25, -0.2) is 0 Å². The number of hydrogen-bond donors (Lipinski definition) is 2. The Balaban J connectivity index is 1.99. The Hall–Kier alpha value is -2.21. The van der Waals surface area contributed by atoms with Crippen molar-refractivity contribution in [1.82, 2.24) is 9.97 Å². The van der Waals surface area contributed by atoms with Gasteiger partial charge in [0.2, 0.25) is 0 Å². The summed E-state index contributed by atoms with van der Waals surface area (Å²) >= 11 is 0. The van der Waals surface area contributed by atoms with E-state index >= 15 is 0 Å². The van der Waals surface area contributed by atoms with Crippen LogP contribution >= 0.6 is 0 Å². The number of rotatable bonds is 2. The maximum Gasteiger partial charge on any atom is 0.314 e. The third-order valence-corrected chi connectivity index (χ3v) is 3.60. The summed E-state index contributed by atoms with van der Waals surface area (Å²) in [5.41, 5.74) is 0.118. The number of ketones is 1. The molecule has 2 aromatic rings. The zero-order valence-corrected chi connectivity index (χ0v) is 10.8. The van der Waals surface area contributed by atoms with Crippen LogP contribution in [0.3, 0.4) is 0 Å². The Labute approximate surface area is 113 Å². The minimum atomic E-state index is -0.715. The first-order chi connectivity index (χ1) is 9.65. The highest BCUT2D eigenvalue weighted by molar-refractivity contribution is 6.00. The number of hydrogen-bond acceptors (Lipinski definition) is 4. The van der Waals surface area contributed by atoms with Crippen LogP contribution < -0.4 is 11.1 Å². The predicted octanol–water partition coefficient (Wildman–Crippen LogP) is 0.826. The van der Waals surface area contributed by atoms with Crippen molar-refractivity contribution in [1.29, 1.82) is 0 Å². The maximum atomic E-state index is 12.4. The molecule has 0 radical (unpaired) electrons. The number of fused-ring (bicyclic) bond motifs is 1. The van der Waals surface area contributed by atoms with Gasteiger partial charge in [-0.05, 0) is 31.0 Å². The molecule has 1 saturated heterocycles. The van der Waals surface area contributed by atoms with Crippen LogP contribution in [0.1, 0.15) is 23.2 Å². The van der Waals surface area contributed by atoms with E-state index in [4.69, 9.17) is 4.74 Å². The van der Waals surface area contributed by atoms with Crippen LogP contribution in [0.25, 0.3) is 11.0 Å². The number of Topliss-reactive ketones (excluding diaryl/α,β-unsaturated/α-hetero) is 1. The van der Waals surface area contributed by atoms with Crippen molar-refractivity contribution in [3.05, 3.63) is 44.5 Å². The molecule has 20 heavy (non-hydrogen) atoms. The van der Waals surface area contributed by atoms with Crippen molar-refractivity contribution in [2.45, 2.75) is 12.8 Å². The fraction of sp³-hybridized carbons (Fsp3) is 0.357. The van der Waals surface area contributed by atoms with Gasteiger partial charge in [-0.15, -0.1) is 0 Å². The van der Waals surface area contributed by atoms with Crippen LogP contribution in [-0.4, -0.2) is 29.0 Å². The average molecular weight is 274 g/mol. The lowest BCUT2D eigenvalue weighted by Crippen LogP contribution is -2.29. The van der Waals surface area contributed by atoms with E-state index in [0.29, 0.717) is 29.8 Å². The number of H-pyrrole nitrogens is 2. The quantitative estimate of drug-likeness (QED) is 0.626. The van der Waals surface area contributed by atoms with Gasteiger partial charge in [0, 0.05) is 24.7 Å². The van der Waals surface area contributed by atoms with Crippen LogP contribution in [0, 0.1) is 5.92 Å². The molecule has 3 rings (SSSR count). The second-order valence-electron chi connectivity index (χ2n) is 4.92. The molecule has 1 aromatic heterocycles. The highest BCUT2D eigenvalue weighted by atomic mass is 16.5. The van der Waals surface area contributed by atoms with Gasteiger partial charge in [-0.2, -0.15) is 0 Å². The minimum absolute atomic E-state index is 0.0318. The lowest BCUT2D eigenvalue weighted by molar-refractivity contribution is 0.0545. The molecule has 1 fully saturated rings. The lowest BCUT2D eigenvalue weighted by Gasteiger charge is -2.20. The standard InChI is InChI=1S/C14H14N2O4/c17-12(8-3-5-20-6-4-8)9-1-2-10-11(7-9)16-14(19)13(18)15-10/h1-2,7-8H,3-6H2,(H,15,18)(H,16,19). The summed E-state index contributed by atoms with van der Waals surface area (Å²) in [4.78, 5) is 39.9. The first-order valence-corrected chi connectivity index (χ1v) is 6.53. The fourth-order valence-corrected chi connectivity index (χ4v) is 2.46. The molecule has 0 bridgehead atoms. The predicted molar refractivity (Wildman–Crippen MR) is 73.1 cm³/mol. The van der Waals surface area contributed by atoms with E-state index in [1.165, 1.54) is 0 Å². The molecule has 0 amide bonds. The van der Waals surface area contributed by atoms with E-state index in [0.717, 1.165) is 12.8 Å². The molecule has 6 nitrogen and oxygen atoms in total. The normalized spacial score (nSPS) is 16.4. The third-order valence-electron chi connectivity index (χ3n) is 3.60. The summed E-state index contributed by atoms with van der Waals surface area (Å²) in [6.45, 7) is 1.21. The van der Waals surface area contributed by atoms with Crippen molar-refractivity contribution in [2.24, 2.45) is 5.92 Å². The third kappa shape index (κ3) is 2.30. The molecular weight excluding hydrogens is 260 g/mol. The van der Waals surface area contributed by atoms with Gasteiger partial charge in [0.15, 0.2) is 5.78 Å². The van der Waals surface area contributed by atoms with Crippen LogP contribution in [-0.2, 0) is 4.74 Å². The zero-order valence-electron chi connectivity index (χ0n) is 10.8. The lowest BCUT2D eigenvalue weighted by atomic mass is 9.91. The van der Waals surface area contributed by atoms with Gasteiger partial charge in [0.1, 0.15) is 0 Å². The Kier molecular flexibility index (Phi) is 3.23. The summed E-state index contributed by atoms with van der Waals surface area (Å²) < 4.78 is 5.25. The van der Waals surface area contributed by atoms with Gasteiger partial charge < -0.3 is 14.7 Å². The molecule has 0 atom stereocenters. The summed E-state index contributed by atoms with van der Waals surface area (Å²) in [7, 11) is 0. The molecule has 1 aliphatic heterocycles. The highest BCUT2D eigenvalue weighted by Gasteiger charge is 2.22. The number of benzene rings is 1. The molecule has 0 saturated carbocycles. The largest absolute Gasteiger partial charge is 0.381 e. The molecule has 0 unspecified atom stereocenters. The summed E-state index contributed by atoms with van der Waals surface area (Å²) in [5.74, 6) is 0.0259. The van der Waals surface area contributed by atoms with Crippen molar-refractivity contribution in [3.8, 4) is 0 Å². The van der Waals surface area contributed by atoms with Gasteiger partial charge in [-0.3, -0.25) is 14.4 Å². The first kappa shape index (κ1) is 12.8. The van der Waals surface area contributed by atoms with Gasteiger partial charge >= 0.3 is 11.1 Å². The van der Waals surface area contributed by atoms with Crippen molar-refractivity contribution in [3.63, 3.8) is 0 Å². The first-order valence-electron chi connectivity index (χ1n) is 6.53. The van der Waals surface area contributed by atoms with Crippen molar-refractivity contribution < 1.29 is 9.53 Å². The number of aromatic amines is 2. The fourth-order valence-electron chi connectivity index (χ4n) is 2.46.